The molecule has 3 nitrogen and oxygen atoms in total. The zero-order valence-corrected chi connectivity index (χ0v) is 18.6. The molecule has 0 unspecified atom stereocenters. The zero-order chi connectivity index (χ0) is 20.4. The van der Waals surface area contributed by atoms with Crippen LogP contribution in [0.1, 0.15) is 21.5 Å². The van der Waals surface area contributed by atoms with Crippen molar-refractivity contribution in [1.82, 2.24) is 4.98 Å². The van der Waals surface area contributed by atoms with E-state index in [1.807, 2.05) is 67.6 Å². The van der Waals surface area contributed by atoms with Crippen LogP contribution >= 0.6 is 46.3 Å². The Morgan fingerprint density at radius 2 is 1.90 bits per heavy atom. The Balaban J connectivity index is 1.48. The van der Waals surface area contributed by atoms with Crippen LogP contribution in [0.25, 0.3) is 10.2 Å². The molecule has 0 radical (unpaired) electrons. The molecule has 0 saturated carbocycles. The first-order chi connectivity index (χ1) is 14.0. The van der Waals surface area contributed by atoms with Crippen LogP contribution in [0.15, 0.2) is 65.0 Å². The van der Waals surface area contributed by atoms with E-state index in [1.54, 1.807) is 23.1 Å². The van der Waals surface area contributed by atoms with E-state index in [-0.39, 0.29) is 5.91 Å². The summed E-state index contributed by atoms with van der Waals surface area (Å²) in [6, 6.07) is 19.0. The molecule has 1 amide bonds. The number of halogens is 2. The molecular weight excluding hydrogens is 443 g/mol. The average molecular weight is 459 g/mol. The SMILES string of the molecule is Cc1ccccc1C(=O)Nc1ccc2nc(SCc3ccc(Cl)c(Cl)c3)sc2c1. The van der Waals surface area contributed by atoms with Gasteiger partial charge in [0.05, 0.1) is 20.3 Å². The van der Waals surface area contributed by atoms with Crippen molar-refractivity contribution >= 4 is 68.1 Å². The predicted octanol–water partition coefficient (Wildman–Crippen LogP) is 7.46. The first kappa shape index (κ1) is 20.2. The van der Waals surface area contributed by atoms with Crippen LogP contribution in [-0.4, -0.2) is 10.9 Å². The molecule has 0 spiro atoms. The van der Waals surface area contributed by atoms with E-state index in [0.29, 0.717) is 15.6 Å². The second-order valence-corrected chi connectivity index (χ2v) is 9.54. The van der Waals surface area contributed by atoms with E-state index >= 15 is 0 Å². The molecule has 0 aliphatic rings. The number of rotatable bonds is 5. The number of nitrogens with one attached hydrogen (secondary N) is 1. The summed E-state index contributed by atoms with van der Waals surface area (Å²) in [5, 5.41) is 4.09. The highest BCUT2D eigenvalue weighted by Gasteiger charge is 2.11. The number of amides is 1. The smallest absolute Gasteiger partial charge is 0.255 e. The molecule has 4 aromatic rings. The topological polar surface area (TPSA) is 42.0 Å². The number of aryl methyl sites for hydroxylation is 1. The Bertz CT molecular complexity index is 1210. The third kappa shape index (κ3) is 4.75. The van der Waals surface area contributed by atoms with Gasteiger partial charge in [-0.3, -0.25) is 4.79 Å². The average Bonchev–Trinajstić information content (AvgIpc) is 3.11. The first-order valence-electron chi connectivity index (χ1n) is 8.84. The second-order valence-electron chi connectivity index (χ2n) is 6.47. The first-order valence-corrected chi connectivity index (χ1v) is 11.4. The Labute approximate surface area is 187 Å². The van der Waals surface area contributed by atoms with E-state index in [0.717, 1.165) is 37.1 Å². The maximum absolute atomic E-state index is 12.5. The fourth-order valence-electron chi connectivity index (χ4n) is 2.84. The molecule has 29 heavy (non-hydrogen) atoms. The third-order valence-corrected chi connectivity index (χ3v) is 7.33. The highest BCUT2D eigenvalue weighted by atomic mass is 35.5. The number of aromatic nitrogens is 1. The van der Waals surface area contributed by atoms with Crippen LogP contribution < -0.4 is 5.32 Å². The molecular formula is C22H16Cl2N2OS2. The normalized spacial score (nSPS) is 11.0. The van der Waals surface area contributed by atoms with Crippen molar-refractivity contribution in [2.45, 2.75) is 17.0 Å². The van der Waals surface area contributed by atoms with Crippen molar-refractivity contribution in [3.05, 3.63) is 87.4 Å². The molecule has 1 aromatic heterocycles. The number of nitrogens with zero attached hydrogens (tertiary/aromatic N) is 1. The zero-order valence-electron chi connectivity index (χ0n) is 15.4. The fourth-order valence-corrected chi connectivity index (χ4v) is 5.21. The molecule has 0 saturated heterocycles. The summed E-state index contributed by atoms with van der Waals surface area (Å²) in [6.45, 7) is 1.93. The van der Waals surface area contributed by atoms with Crippen molar-refractivity contribution in [3.63, 3.8) is 0 Å². The summed E-state index contributed by atoms with van der Waals surface area (Å²) in [7, 11) is 0. The molecule has 0 bridgehead atoms. The maximum atomic E-state index is 12.5. The third-order valence-electron chi connectivity index (χ3n) is 4.36. The molecule has 4 rings (SSSR count). The molecule has 3 aromatic carbocycles. The monoisotopic (exact) mass is 458 g/mol. The van der Waals surface area contributed by atoms with Gasteiger partial charge in [-0.25, -0.2) is 4.98 Å². The Morgan fingerprint density at radius 1 is 1.07 bits per heavy atom. The Hall–Kier alpha value is -2.05. The fraction of sp³-hybridized carbons (Fsp3) is 0.0909. The standard InChI is InChI=1S/C22H16Cl2N2OS2/c1-13-4-2-3-5-16(13)21(27)25-15-7-9-19-20(11-15)29-22(26-19)28-12-14-6-8-17(23)18(24)10-14/h2-11H,12H2,1H3,(H,25,27). The maximum Gasteiger partial charge on any atom is 0.255 e. The van der Waals surface area contributed by atoms with Gasteiger partial charge >= 0.3 is 0 Å². The van der Waals surface area contributed by atoms with Gasteiger partial charge in [-0.2, -0.15) is 0 Å². The van der Waals surface area contributed by atoms with Gasteiger partial charge in [0.1, 0.15) is 0 Å². The van der Waals surface area contributed by atoms with Gasteiger partial charge in [0.2, 0.25) is 0 Å². The van der Waals surface area contributed by atoms with E-state index in [2.05, 4.69) is 10.3 Å². The van der Waals surface area contributed by atoms with E-state index in [9.17, 15) is 4.79 Å². The lowest BCUT2D eigenvalue weighted by atomic mass is 10.1. The summed E-state index contributed by atoms with van der Waals surface area (Å²) in [5.41, 5.74) is 4.39. The second kappa shape index (κ2) is 8.76. The summed E-state index contributed by atoms with van der Waals surface area (Å²) < 4.78 is 2.00. The van der Waals surface area contributed by atoms with Crippen LogP contribution in [0.2, 0.25) is 10.0 Å². The summed E-state index contributed by atoms with van der Waals surface area (Å²) in [5.74, 6) is 0.648. The molecule has 146 valence electrons. The van der Waals surface area contributed by atoms with Gasteiger partial charge in [-0.1, -0.05) is 59.2 Å². The number of hydrogen-bond donors (Lipinski definition) is 1. The van der Waals surface area contributed by atoms with Crippen molar-refractivity contribution in [2.75, 3.05) is 5.32 Å². The van der Waals surface area contributed by atoms with Crippen molar-refractivity contribution in [3.8, 4) is 0 Å². The molecule has 7 heteroatoms. The molecule has 1 heterocycles. The van der Waals surface area contributed by atoms with Crippen LogP contribution in [-0.2, 0) is 5.75 Å². The lowest BCUT2D eigenvalue weighted by Crippen LogP contribution is -2.13. The van der Waals surface area contributed by atoms with Crippen molar-refractivity contribution in [2.24, 2.45) is 0 Å². The van der Waals surface area contributed by atoms with Gasteiger partial charge in [0.25, 0.3) is 5.91 Å². The minimum Gasteiger partial charge on any atom is -0.322 e. The van der Waals surface area contributed by atoms with Gasteiger partial charge in [0, 0.05) is 17.0 Å². The number of hydrogen-bond acceptors (Lipinski definition) is 4. The summed E-state index contributed by atoms with van der Waals surface area (Å²) in [4.78, 5) is 17.2. The number of benzene rings is 3. The van der Waals surface area contributed by atoms with Gasteiger partial charge in [-0.05, 0) is 54.4 Å². The molecule has 0 atom stereocenters. The van der Waals surface area contributed by atoms with E-state index < -0.39 is 0 Å². The number of carbonyl (C=O) groups is 1. The van der Waals surface area contributed by atoms with Crippen LogP contribution in [0, 0.1) is 6.92 Å². The quantitative estimate of drug-likeness (QED) is 0.315. The lowest BCUT2D eigenvalue weighted by molar-refractivity contribution is 0.102. The number of carbonyl (C=O) groups excluding carboxylic acids is 1. The predicted molar refractivity (Wildman–Crippen MR) is 125 cm³/mol. The molecule has 0 aliphatic heterocycles. The van der Waals surface area contributed by atoms with Gasteiger partial charge < -0.3 is 5.32 Å². The van der Waals surface area contributed by atoms with Crippen LogP contribution in [0.5, 0.6) is 0 Å². The Morgan fingerprint density at radius 3 is 2.69 bits per heavy atom. The van der Waals surface area contributed by atoms with Gasteiger partial charge in [0.15, 0.2) is 4.34 Å². The Kier molecular flexibility index (Phi) is 6.11. The highest BCUT2D eigenvalue weighted by Crippen LogP contribution is 2.34. The number of thiazole rings is 1. The van der Waals surface area contributed by atoms with Crippen molar-refractivity contribution < 1.29 is 4.79 Å². The number of anilines is 1. The largest absolute Gasteiger partial charge is 0.322 e. The highest BCUT2D eigenvalue weighted by molar-refractivity contribution is 8.00. The minimum absolute atomic E-state index is 0.110. The van der Waals surface area contributed by atoms with Crippen molar-refractivity contribution in [1.29, 1.82) is 0 Å². The lowest BCUT2D eigenvalue weighted by Gasteiger charge is -2.07. The summed E-state index contributed by atoms with van der Waals surface area (Å²) in [6.07, 6.45) is 0. The van der Waals surface area contributed by atoms with Crippen LogP contribution in [0.3, 0.4) is 0 Å². The number of thioether (sulfide) groups is 1. The molecule has 0 aliphatic carbocycles. The van der Waals surface area contributed by atoms with E-state index in [1.165, 1.54) is 0 Å². The summed E-state index contributed by atoms with van der Waals surface area (Å²) >= 11 is 15.3. The molecule has 0 fully saturated rings. The van der Waals surface area contributed by atoms with E-state index in [4.69, 9.17) is 23.2 Å². The minimum atomic E-state index is -0.110. The number of fused-ring (bicyclic) bond motifs is 1. The molecule has 1 N–H and O–H groups in total. The van der Waals surface area contributed by atoms with Crippen LogP contribution in [0.4, 0.5) is 5.69 Å². The van der Waals surface area contributed by atoms with Gasteiger partial charge in [-0.15, -0.1) is 11.3 Å².